The Labute approximate surface area is 140 Å². The molecule has 0 radical (unpaired) electrons. The van der Waals surface area contributed by atoms with Gasteiger partial charge in [-0.15, -0.1) is 0 Å². The molecule has 1 aromatic carbocycles. The molecule has 3 aromatic rings. The molecule has 2 heterocycles. The summed E-state index contributed by atoms with van der Waals surface area (Å²) in [5, 5.41) is 2.55. The Morgan fingerprint density at radius 2 is 1.91 bits per heavy atom. The minimum Gasteiger partial charge on any atom is -0.340 e. The Hall–Kier alpha value is -1.83. The monoisotopic (exact) mass is 310 g/mol. The fourth-order valence-electron chi connectivity index (χ4n) is 3.32. The van der Waals surface area contributed by atoms with Crippen LogP contribution in [0.3, 0.4) is 0 Å². The van der Waals surface area contributed by atoms with Gasteiger partial charge in [-0.2, -0.15) is 0 Å². The average molecular weight is 310 g/mol. The zero-order valence-corrected chi connectivity index (χ0v) is 15.6. The van der Waals surface area contributed by atoms with E-state index in [9.17, 15) is 0 Å². The summed E-state index contributed by atoms with van der Waals surface area (Å²) >= 11 is 0. The van der Waals surface area contributed by atoms with Crippen molar-refractivity contribution in [2.45, 2.75) is 60.4 Å². The van der Waals surface area contributed by atoms with Gasteiger partial charge < -0.3 is 4.57 Å². The van der Waals surface area contributed by atoms with E-state index in [0.717, 1.165) is 11.9 Å². The third kappa shape index (κ3) is 2.75. The molecule has 0 aliphatic rings. The van der Waals surface area contributed by atoms with E-state index in [1.807, 2.05) is 26.1 Å². The highest BCUT2D eigenvalue weighted by Gasteiger charge is 2.30. The van der Waals surface area contributed by atoms with Crippen LogP contribution in [0, 0.1) is 12.8 Å². The molecule has 124 valence electrons. The summed E-state index contributed by atoms with van der Waals surface area (Å²) in [7, 11) is 0. The van der Waals surface area contributed by atoms with Gasteiger partial charge in [-0.05, 0) is 49.9 Å². The molecule has 2 aromatic heterocycles. The number of nitrogens with zero attached hydrogens (tertiary/aromatic N) is 2. The second kappa shape index (κ2) is 6.74. The van der Waals surface area contributed by atoms with Crippen molar-refractivity contribution in [3.05, 3.63) is 42.2 Å². The van der Waals surface area contributed by atoms with Gasteiger partial charge in [0.2, 0.25) is 0 Å². The number of pyridine rings is 1. The lowest BCUT2D eigenvalue weighted by atomic mass is 9.85. The molecule has 0 aliphatic heterocycles. The second-order valence-electron chi connectivity index (χ2n) is 6.58. The van der Waals surface area contributed by atoms with Crippen molar-refractivity contribution in [2.75, 3.05) is 0 Å². The van der Waals surface area contributed by atoms with Gasteiger partial charge in [-0.1, -0.05) is 40.7 Å². The van der Waals surface area contributed by atoms with Gasteiger partial charge in [0.1, 0.15) is 0 Å². The second-order valence-corrected chi connectivity index (χ2v) is 6.58. The minimum absolute atomic E-state index is 0.111. The average Bonchev–Trinajstić information content (AvgIpc) is 3.02. The largest absolute Gasteiger partial charge is 0.340 e. The van der Waals surface area contributed by atoms with Crippen LogP contribution in [0.2, 0.25) is 0 Å². The molecule has 0 bridgehead atoms. The van der Waals surface area contributed by atoms with Crippen molar-refractivity contribution < 1.29 is 0 Å². The van der Waals surface area contributed by atoms with Gasteiger partial charge in [-0.3, -0.25) is 4.98 Å². The van der Waals surface area contributed by atoms with Crippen LogP contribution in [-0.4, -0.2) is 9.55 Å². The molecule has 3 rings (SSSR count). The summed E-state index contributed by atoms with van der Waals surface area (Å²) < 4.78 is 2.45. The maximum Gasteiger partial charge on any atom is 0.0945 e. The first-order valence-electron chi connectivity index (χ1n) is 8.85. The molecule has 0 N–H and O–H groups in total. The first kappa shape index (κ1) is 17.5. The van der Waals surface area contributed by atoms with Gasteiger partial charge >= 0.3 is 0 Å². The van der Waals surface area contributed by atoms with Crippen molar-refractivity contribution in [1.29, 1.82) is 0 Å². The minimum atomic E-state index is 0.111. The normalized spacial score (nSPS) is 13.9. The Morgan fingerprint density at radius 1 is 1.22 bits per heavy atom. The lowest BCUT2D eigenvalue weighted by molar-refractivity contribution is 0.220. The predicted molar refractivity (Wildman–Crippen MR) is 102 cm³/mol. The number of hydrogen-bond donors (Lipinski definition) is 0. The number of fused-ring (bicyclic) bond motifs is 3. The van der Waals surface area contributed by atoms with Crippen LogP contribution in [0.4, 0.5) is 0 Å². The highest BCUT2D eigenvalue weighted by Crippen LogP contribution is 2.37. The van der Waals surface area contributed by atoms with E-state index < -0.39 is 0 Å². The van der Waals surface area contributed by atoms with Gasteiger partial charge in [0.15, 0.2) is 0 Å². The molecule has 0 saturated heterocycles. The van der Waals surface area contributed by atoms with Crippen LogP contribution in [0.15, 0.2) is 36.7 Å². The first-order chi connectivity index (χ1) is 11.0. The van der Waals surface area contributed by atoms with Gasteiger partial charge in [0.25, 0.3) is 0 Å². The fourth-order valence-corrected chi connectivity index (χ4v) is 3.32. The quantitative estimate of drug-likeness (QED) is 0.554. The van der Waals surface area contributed by atoms with Crippen LogP contribution >= 0.6 is 0 Å². The number of hydrogen-bond acceptors (Lipinski definition) is 1. The molecule has 0 fully saturated rings. The van der Waals surface area contributed by atoms with Crippen molar-refractivity contribution >= 4 is 21.8 Å². The van der Waals surface area contributed by atoms with E-state index in [0.29, 0.717) is 5.92 Å². The molecule has 0 aliphatic carbocycles. The first-order valence-corrected chi connectivity index (χ1v) is 8.85. The summed E-state index contributed by atoms with van der Waals surface area (Å²) in [5.41, 5.74) is 3.83. The summed E-state index contributed by atoms with van der Waals surface area (Å²) in [6.45, 7) is 15.4. The van der Waals surface area contributed by atoms with Gasteiger partial charge in [0, 0.05) is 28.7 Å². The fraction of sp³-hybridized carbons (Fsp3) is 0.476. The molecule has 0 amide bonds. The molecule has 23 heavy (non-hydrogen) atoms. The maximum absolute atomic E-state index is 4.67. The summed E-state index contributed by atoms with van der Waals surface area (Å²) in [5.74, 6) is 0.567. The SMILES string of the molecule is CC.CCC(C)(C(C)C)n1ccc2c(C)cc3cccnc3c21. The van der Waals surface area contributed by atoms with Gasteiger partial charge in [-0.25, -0.2) is 0 Å². The Kier molecular flexibility index (Phi) is 5.13. The number of rotatable bonds is 3. The molecule has 2 heteroatoms. The van der Waals surface area contributed by atoms with Crippen LogP contribution in [0.1, 0.15) is 53.5 Å². The van der Waals surface area contributed by atoms with Gasteiger partial charge in [0.05, 0.1) is 11.0 Å². The maximum atomic E-state index is 4.67. The van der Waals surface area contributed by atoms with E-state index in [4.69, 9.17) is 0 Å². The summed E-state index contributed by atoms with van der Waals surface area (Å²) in [6, 6.07) is 8.66. The van der Waals surface area contributed by atoms with Crippen LogP contribution < -0.4 is 0 Å². The van der Waals surface area contributed by atoms with Crippen molar-refractivity contribution in [3.63, 3.8) is 0 Å². The van der Waals surface area contributed by atoms with Crippen LogP contribution in [-0.2, 0) is 5.54 Å². The molecule has 0 spiro atoms. The summed E-state index contributed by atoms with van der Waals surface area (Å²) in [4.78, 5) is 4.67. The van der Waals surface area contributed by atoms with Crippen molar-refractivity contribution in [1.82, 2.24) is 9.55 Å². The number of benzene rings is 1. The van der Waals surface area contributed by atoms with E-state index in [-0.39, 0.29) is 5.54 Å². The number of aromatic nitrogens is 2. The molecule has 2 nitrogen and oxygen atoms in total. The van der Waals surface area contributed by atoms with Crippen molar-refractivity contribution in [3.8, 4) is 0 Å². The van der Waals surface area contributed by atoms with Crippen molar-refractivity contribution in [2.24, 2.45) is 5.92 Å². The zero-order chi connectivity index (χ0) is 17.2. The third-order valence-electron chi connectivity index (χ3n) is 5.26. The Balaban J connectivity index is 0.000000924. The van der Waals surface area contributed by atoms with Crippen LogP contribution in [0.25, 0.3) is 21.8 Å². The highest BCUT2D eigenvalue weighted by molar-refractivity contribution is 6.05. The van der Waals surface area contributed by atoms with E-state index in [1.54, 1.807) is 0 Å². The molecular formula is C21H30N2. The number of aryl methyl sites for hydroxylation is 1. The third-order valence-corrected chi connectivity index (χ3v) is 5.26. The molecule has 1 unspecified atom stereocenters. The molecule has 0 saturated carbocycles. The highest BCUT2D eigenvalue weighted by atomic mass is 15.1. The molecular weight excluding hydrogens is 280 g/mol. The zero-order valence-electron chi connectivity index (χ0n) is 15.6. The van der Waals surface area contributed by atoms with Crippen LogP contribution in [0.5, 0.6) is 0 Å². The summed E-state index contributed by atoms with van der Waals surface area (Å²) in [6.07, 6.45) is 5.25. The van der Waals surface area contributed by atoms with E-state index in [2.05, 4.69) is 68.6 Å². The molecule has 1 atom stereocenters. The lowest BCUT2D eigenvalue weighted by Gasteiger charge is -2.36. The smallest absolute Gasteiger partial charge is 0.0945 e. The van der Waals surface area contributed by atoms with E-state index >= 15 is 0 Å². The standard InChI is InChI=1S/C19H24N2.C2H6/c1-6-19(5,13(2)3)21-11-9-16-14(4)12-15-8-7-10-20-17(15)18(16)21;1-2/h7-13H,6H2,1-5H3;1-2H3. The Bertz CT molecular complexity index is 798. The topological polar surface area (TPSA) is 17.8 Å². The lowest BCUT2D eigenvalue weighted by Crippen LogP contribution is -2.34. The Morgan fingerprint density at radius 3 is 2.52 bits per heavy atom. The van der Waals surface area contributed by atoms with E-state index in [1.165, 1.54) is 21.9 Å². The predicted octanol–water partition coefficient (Wildman–Crippen LogP) is 6.31.